The van der Waals surface area contributed by atoms with Crippen LogP contribution in [0.25, 0.3) is 0 Å². The predicted octanol–water partition coefficient (Wildman–Crippen LogP) is 1.18. The third-order valence-corrected chi connectivity index (χ3v) is 3.71. The van der Waals surface area contributed by atoms with E-state index in [2.05, 4.69) is 4.90 Å². The number of carbonyl (C=O) groups excluding carboxylic acids is 1. The number of carbonyl (C=O) groups is 2. The Morgan fingerprint density at radius 1 is 1.30 bits per heavy atom. The number of carboxylic acids is 1. The van der Waals surface area contributed by atoms with E-state index in [1.807, 2.05) is 25.9 Å². The molecule has 1 fully saturated rings. The molecule has 0 spiro atoms. The Hall–Kier alpha value is -1.30. The topological polar surface area (TPSA) is 64.1 Å². The van der Waals surface area contributed by atoms with Crippen LogP contribution >= 0.6 is 0 Å². The van der Waals surface area contributed by atoms with E-state index in [1.165, 1.54) is 0 Å². The molecule has 0 aromatic carbocycles. The van der Waals surface area contributed by atoms with E-state index in [-0.39, 0.29) is 18.4 Å². The lowest BCUT2D eigenvalue weighted by atomic mass is 10.1. The Kier molecular flexibility index (Phi) is 6.78. The summed E-state index contributed by atoms with van der Waals surface area (Å²) in [5, 5.41) is 8.80. The summed E-state index contributed by atoms with van der Waals surface area (Å²) in [6.07, 6.45) is 1.92. The highest BCUT2D eigenvalue weighted by Gasteiger charge is 2.29. The monoisotopic (exact) mass is 285 g/mol. The quantitative estimate of drug-likeness (QED) is 0.763. The largest absolute Gasteiger partial charge is 0.481 e. The molecule has 0 aromatic rings. The van der Waals surface area contributed by atoms with Crippen molar-refractivity contribution in [3.05, 3.63) is 0 Å². The fourth-order valence-electron chi connectivity index (χ4n) is 2.59. The van der Waals surface area contributed by atoms with Crippen molar-refractivity contribution in [2.24, 2.45) is 5.92 Å². The van der Waals surface area contributed by atoms with Crippen LogP contribution in [0.2, 0.25) is 0 Å². The van der Waals surface area contributed by atoms with Gasteiger partial charge in [-0.1, -0.05) is 0 Å². The van der Waals surface area contributed by atoms with Gasteiger partial charge in [0, 0.05) is 32.6 Å². The summed E-state index contributed by atoms with van der Waals surface area (Å²) in [6, 6.07) is 0.0548. The van der Waals surface area contributed by atoms with Gasteiger partial charge in [-0.25, -0.2) is 4.79 Å². The van der Waals surface area contributed by atoms with Crippen molar-refractivity contribution in [1.29, 1.82) is 0 Å². The lowest BCUT2D eigenvalue weighted by Gasteiger charge is -2.27. The molecule has 0 aromatic heterocycles. The van der Waals surface area contributed by atoms with Crippen LogP contribution in [0.4, 0.5) is 4.79 Å². The first kappa shape index (κ1) is 16.8. The predicted molar refractivity (Wildman–Crippen MR) is 77.7 cm³/mol. The Bertz CT molecular complexity index is 334. The Morgan fingerprint density at radius 2 is 2.00 bits per heavy atom. The molecule has 1 N–H and O–H groups in total. The fourth-order valence-corrected chi connectivity index (χ4v) is 2.59. The van der Waals surface area contributed by atoms with Gasteiger partial charge in [-0.3, -0.25) is 4.79 Å². The normalized spacial score (nSPS) is 18.6. The molecule has 1 saturated heterocycles. The molecule has 1 aliphatic rings. The summed E-state index contributed by atoms with van der Waals surface area (Å²) >= 11 is 0. The maximum absolute atomic E-state index is 12.4. The number of carboxylic acid groups (broad SMARTS) is 1. The van der Waals surface area contributed by atoms with Gasteiger partial charge in [0.25, 0.3) is 0 Å². The smallest absolute Gasteiger partial charge is 0.319 e. The van der Waals surface area contributed by atoms with Gasteiger partial charge in [-0.05, 0) is 46.3 Å². The number of rotatable bonds is 7. The van der Waals surface area contributed by atoms with E-state index in [0.29, 0.717) is 19.6 Å². The van der Waals surface area contributed by atoms with Crippen molar-refractivity contribution in [2.45, 2.75) is 26.2 Å². The molecule has 1 rings (SSSR count). The van der Waals surface area contributed by atoms with E-state index in [4.69, 9.17) is 5.11 Å². The molecule has 20 heavy (non-hydrogen) atoms. The zero-order valence-electron chi connectivity index (χ0n) is 12.8. The van der Waals surface area contributed by atoms with Gasteiger partial charge in [-0.15, -0.1) is 0 Å². The second-order valence-electron chi connectivity index (χ2n) is 5.72. The summed E-state index contributed by atoms with van der Waals surface area (Å²) in [7, 11) is 4.05. The van der Waals surface area contributed by atoms with E-state index in [1.54, 1.807) is 4.90 Å². The minimum absolute atomic E-state index is 0.0548. The SMILES string of the molecule is CCN(CCCN(C)C)C(=O)N1CCC(CC(=O)O)C1. The van der Waals surface area contributed by atoms with Crippen LogP contribution in [0.5, 0.6) is 0 Å². The highest BCUT2D eigenvalue weighted by molar-refractivity contribution is 5.75. The minimum atomic E-state index is -0.775. The highest BCUT2D eigenvalue weighted by Crippen LogP contribution is 2.20. The maximum atomic E-state index is 12.4. The zero-order valence-corrected chi connectivity index (χ0v) is 12.8. The van der Waals surface area contributed by atoms with Gasteiger partial charge in [0.2, 0.25) is 0 Å². The number of urea groups is 1. The van der Waals surface area contributed by atoms with E-state index in [0.717, 1.165) is 25.9 Å². The molecule has 1 atom stereocenters. The third-order valence-electron chi connectivity index (χ3n) is 3.71. The fraction of sp³-hybridized carbons (Fsp3) is 0.857. The molecule has 1 unspecified atom stereocenters. The third kappa shape index (κ3) is 5.36. The zero-order chi connectivity index (χ0) is 15.1. The number of amides is 2. The van der Waals surface area contributed by atoms with Crippen molar-refractivity contribution >= 4 is 12.0 Å². The highest BCUT2D eigenvalue weighted by atomic mass is 16.4. The van der Waals surface area contributed by atoms with Crippen LogP contribution < -0.4 is 0 Å². The van der Waals surface area contributed by atoms with Crippen LogP contribution in [0.15, 0.2) is 0 Å². The first-order valence-electron chi connectivity index (χ1n) is 7.34. The lowest BCUT2D eigenvalue weighted by molar-refractivity contribution is -0.138. The minimum Gasteiger partial charge on any atom is -0.481 e. The number of aliphatic carboxylic acids is 1. The van der Waals surface area contributed by atoms with Gasteiger partial charge < -0.3 is 19.8 Å². The standard InChI is InChI=1S/C14H27N3O3/c1-4-16(8-5-7-15(2)3)14(20)17-9-6-12(11-17)10-13(18)19/h12H,4-11H2,1-3H3,(H,18,19). The van der Waals surface area contributed by atoms with E-state index >= 15 is 0 Å². The first-order chi connectivity index (χ1) is 9.43. The van der Waals surface area contributed by atoms with Gasteiger partial charge in [0.1, 0.15) is 0 Å². The molecule has 6 heteroatoms. The van der Waals surface area contributed by atoms with Gasteiger partial charge in [0.15, 0.2) is 0 Å². The molecular formula is C14H27N3O3. The van der Waals surface area contributed by atoms with Gasteiger partial charge in [-0.2, -0.15) is 0 Å². The second kappa shape index (κ2) is 8.09. The molecule has 0 saturated carbocycles. The van der Waals surface area contributed by atoms with Crippen LogP contribution in [0, 0.1) is 5.92 Å². The number of hydrogen-bond acceptors (Lipinski definition) is 3. The first-order valence-corrected chi connectivity index (χ1v) is 7.34. The average molecular weight is 285 g/mol. The Balaban J connectivity index is 2.40. The van der Waals surface area contributed by atoms with Crippen LogP contribution in [0.1, 0.15) is 26.2 Å². The second-order valence-corrected chi connectivity index (χ2v) is 5.72. The van der Waals surface area contributed by atoms with Crippen molar-refractivity contribution in [3.63, 3.8) is 0 Å². The molecule has 1 heterocycles. The molecule has 0 bridgehead atoms. The molecule has 2 amide bonds. The average Bonchev–Trinajstić information content (AvgIpc) is 2.81. The number of likely N-dealkylation sites (tertiary alicyclic amines) is 1. The Labute approximate surface area is 121 Å². The molecule has 1 aliphatic heterocycles. The summed E-state index contributed by atoms with van der Waals surface area (Å²) in [5.74, 6) is -0.667. The van der Waals surface area contributed by atoms with Crippen LogP contribution in [-0.4, -0.2) is 78.6 Å². The van der Waals surface area contributed by atoms with Crippen molar-refractivity contribution in [3.8, 4) is 0 Å². The maximum Gasteiger partial charge on any atom is 0.319 e. The summed E-state index contributed by atoms with van der Waals surface area (Å²) < 4.78 is 0. The molecule has 116 valence electrons. The lowest BCUT2D eigenvalue weighted by Crippen LogP contribution is -2.43. The summed E-state index contributed by atoms with van der Waals surface area (Å²) in [6.45, 7) is 5.67. The molecular weight excluding hydrogens is 258 g/mol. The molecule has 0 radical (unpaired) electrons. The van der Waals surface area contributed by atoms with E-state index < -0.39 is 5.97 Å². The van der Waals surface area contributed by atoms with Crippen molar-refractivity contribution < 1.29 is 14.7 Å². The van der Waals surface area contributed by atoms with Gasteiger partial charge in [0.05, 0.1) is 0 Å². The van der Waals surface area contributed by atoms with Crippen molar-refractivity contribution in [2.75, 3.05) is 46.8 Å². The number of nitrogens with zero attached hydrogens (tertiary/aromatic N) is 3. The summed E-state index contributed by atoms with van der Waals surface area (Å²) in [4.78, 5) is 28.8. The van der Waals surface area contributed by atoms with E-state index in [9.17, 15) is 9.59 Å². The van der Waals surface area contributed by atoms with Crippen molar-refractivity contribution in [1.82, 2.24) is 14.7 Å². The summed E-state index contributed by atoms with van der Waals surface area (Å²) in [5.41, 5.74) is 0. The number of hydrogen-bond donors (Lipinski definition) is 1. The molecule has 0 aliphatic carbocycles. The van der Waals surface area contributed by atoms with Crippen LogP contribution in [0.3, 0.4) is 0 Å². The Morgan fingerprint density at radius 3 is 2.55 bits per heavy atom. The van der Waals surface area contributed by atoms with Gasteiger partial charge >= 0.3 is 12.0 Å². The van der Waals surface area contributed by atoms with Crippen LogP contribution in [-0.2, 0) is 4.79 Å². The molecule has 6 nitrogen and oxygen atoms in total.